The number of piperidine rings is 1. The number of nitrogen functional groups attached to an aromatic ring is 1. The molecule has 0 spiro atoms. The van der Waals surface area contributed by atoms with Crippen molar-refractivity contribution in [1.82, 2.24) is 19.7 Å². The predicted octanol–water partition coefficient (Wildman–Crippen LogP) is 2.92. The second-order valence-electron chi connectivity index (χ2n) is 6.81. The number of nitrogens with two attached hydrogens (primary N) is 1. The molecule has 0 amide bonds. The molecule has 5 heteroatoms. The van der Waals surface area contributed by atoms with Crippen molar-refractivity contribution in [2.24, 2.45) is 0 Å². The van der Waals surface area contributed by atoms with Crippen molar-refractivity contribution in [1.29, 1.82) is 0 Å². The smallest absolute Gasteiger partial charge is 0.150 e. The first-order chi connectivity index (χ1) is 11.3. The van der Waals surface area contributed by atoms with Gasteiger partial charge in [0.1, 0.15) is 11.6 Å². The van der Waals surface area contributed by atoms with Crippen LogP contribution < -0.4 is 5.73 Å². The van der Waals surface area contributed by atoms with E-state index >= 15 is 0 Å². The van der Waals surface area contributed by atoms with Crippen LogP contribution in [0.3, 0.4) is 0 Å². The van der Waals surface area contributed by atoms with E-state index < -0.39 is 0 Å². The Balaban J connectivity index is 1.59. The minimum absolute atomic E-state index is 0.393. The van der Waals surface area contributed by atoms with Crippen LogP contribution in [0.15, 0.2) is 24.3 Å². The van der Waals surface area contributed by atoms with Gasteiger partial charge in [-0.3, -0.25) is 4.90 Å². The van der Waals surface area contributed by atoms with Crippen molar-refractivity contribution in [3.63, 3.8) is 0 Å². The van der Waals surface area contributed by atoms with E-state index in [2.05, 4.69) is 31.8 Å². The van der Waals surface area contributed by atoms with Crippen molar-refractivity contribution in [2.45, 2.75) is 57.7 Å². The molecule has 23 heavy (non-hydrogen) atoms. The normalized spacial score (nSPS) is 22.0. The summed E-state index contributed by atoms with van der Waals surface area (Å²) >= 11 is 0. The Hall–Kier alpha value is -1.88. The number of fused-ring (bicyclic) bond motifs is 1. The first-order valence-corrected chi connectivity index (χ1v) is 8.82. The molecule has 5 nitrogen and oxygen atoms in total. The Kier molecular flexibility index (Phi) is 4.04. The number of anilines is 1. The summed E-state index contributed by atoms with van der Waals surface area (Å²) in [6, 6.07) is 8.64. The maximum Gasteiger partial charge on any atom is 0.150 e. The number of hydrogen-bond donors (Lipinski definition) is 1. The lowest BCUT2D eigenvalue weighted by Crippen LogP contribution is -2.35. The summed E-state index contributed by atoms with van der Waals surface area (Å²) in [4.78, 5) is 2.56. The van der Waals surface area contributed by atoms with Gasteiger partial charge in [-0.15, -0.1) is 10.2 Å². The zero-order valence-electron chi connectivity index (χ0n) is 13.6. The fourth-order valence-corrected chi connectivity index (χ4v) is 3.98. The van der Waals surface area contributed by atoms with Crippen LogP contribution in [0.5, 0.6) is 0 Å². The van der Waals surface area contributed by atoms with Gasteiger partial charge in [0, 0.05) is 25.2 Å². The highest BCUT2D eigenvalue weighted by atomic mass is 15.3. The summed E-state index contributed by atoms with van der Waals surface area (Å²) in [5.74, 6) is 2.36. The van der Waals surface area contributed by atoms with E-state index in [9.17, 15) is 0 Å². The summed E-state index contributed by atoms with van der Waals surface area (Å²) in [6.07, 6.45) is 7.30. The van der Waals surface area contributed by atoms with E-state index in [1.807, 2.05) is 12.1 Å². The second kappa shape index (κ2) is 6.32. The summed E-state index contributed by atoms with van der Waals surface area (Å²) in [6.45, 7) is 3.15. The number of nitrogens with zero attached hydrogens (tertiary/aromatic N) is 4. The summed E-state index contributed by atoms with van der Waals surface area (Å²) in [7, 11) is 0. The van der Waals surface area contributed by atoms with Crippen LogP contribution in [-0.4, -0.2) is 26.2 Å². The van der Waals surface area contributed by atoms with Crippen LogP contribution in [0.25, 0.3) is 0 Å². The minimum Gasteiger partial charge on any atom is -0.399 e. The molecule has 1 atom stereocenters. The van der Waals surface area contributed by atoms with E-state index in [0.717, 1.165) is 31.7 Å². The predicted molar refractivity (Wildman–Crippen MR) is 90.8 cm³/mol. The highest BCUT2D eigenvalue weighted by Crippen LogP contribution is 2.32. The number of hydrogen-bond acceptors (Lipinski definition) is 4. The quantitative estimate of drug-likeness (QED) is 0.885. The van der Waals surface area contributed by atoms with E-state index in [1.165, 1.54) is 49.3 Å². The maximum absolute atomic E-state index is 5.94. The van der Waals surface area contributed by atoms with Gasteiger partial charge in [0.15, 0.2) is 0 Å². The molecule has 1 saturated heterocycles. The summed E-state index contributed by atoms with van der Waals surface area (Å²) < 4.78 is 2.38. The molecule has 0 aliphatic carbocycles. The van der Waals surface area contributed by atoms with Gasteiger partial charge >= 0.3 is 0 Å². The molecule has 4 rings (SSSR count). The Bertz CT molecular complexity index is 678. The third-order valence-electron chi connectivity index (χ3n) is 5.14. The maximum atomic E-state index is 5.94. The summed E-state index contributed by atoms with van der Waals surface area (Å²) in [5.41, 5.74) is 8.07. The van der Waals surface area contributed by atoms with E-state index in [4.69, 9.17) is 5.73 Å². The highest BCUT2D eigenvalue weighted by molar-refractivity contribution is 5.40. The number of likely N-dealkylation sites (tertiary alicyclic amines) is 1. The lowest BCUT2D eigenvalue weighted by Gasteiger charge is -2.35. The molecule has 2 aliphatic heterocycles. The van der Waals surface area contributed by atoms with Crippen molar-refractivity contribution >= 4 is 5.69 Å². The Morgan fingerprint density at radius 2 is 2.00 bits per heavy atom. The Morgan fingerprint density at radius 3 is 2.91 bits per heavy atom. The molecule has 1 aromatic heterocycles. The molecule has 1 unspecified atom stereocenters. The van der Waals surface area contributed by atoms with Gasteiger partial charge in [-0.05, 0) is 49.9 Å². The van der Waals surface area contributed by atoms with Crippen molar-refractivity contribution < 1.29 is 0 Å². The number of aryl methyl sites for hydroxylation is 1. The van der Waals surface area contributed by atoms with Gasteiger partial charge in [-0.25, -0.2) is 0 Å². The van der Waals surface area contributed by atoms with Crippen molar-refractivity contribution in [2.75, 3.05) is 12.3 Å². The fourth-order valence-electron chi connectivity index (χ4n) is 3.98. The van der Waals surface area contributed by atoms with Crippen molar-refractivity contribution in [3.8, 4) is 0 Å². The van der Waals surface area contributed by atoms with Gasteiger partial charge < -0.3 is 10.3 Å². The van der Waals surface area contributed by atoms with Crippen LogP contribution >= 0.6 is 0 Å². The zero-order chi connectivity index (χ0) is 15.6. The minimum atomic E-state index is 0.393. The molecule has 0 saturated carbocycles. The standard InChI is InChI=1S/C18H25N5/c19-15-7-5-6-14(12-15)13-22-10-3-1-8-16(22)18-21-20-17-9-2-4-11-23(17)18/h5-7,12,16H,1-4,8-11,13,19H2. The molecule has 2 aromatic rings. The average molecular weight is 311 g/mol. The van der Waals surface area contributed by atoms with Gasteiger partial charge in [-0.2, -0.15) is 0 Å². The van der Waals surface area contributed by atoms with Gasteiger partial charge in [0.05, 0.1) is 6.04 Å². The van der Waals surface area contributed by atoms with Crippen LogP contribution in [0.4, 0.5) is 5.69 Å². The monoisotopic (exact) mass is 311 g/mol. The molecule has 2 aliphatic rings. The molecular weight excluding hydrogens is 286 g/mol. The van der Waals surface area contributed by atoms with Gasteiger partial charge in [-0.1, -0.05) is 18.6 Å². The van der Waals surface area contributed by atoms with Crippen LogP contribution in [0.2, 0.25) is 0 Å². The SMILES string of the molecule is Nc1cccc(CN2CCCCC2c2nnc3n2CCCC3)c1. The molecule has 3 heterocycles. The summed E-state index contributed by atoms with van der Waals surface area (Å²) in [5, 5.41) is 9.03. The third kappa shape index (κ3) is 2.98. The lowest BCUT2D eigenvalue weighted by atomic mass is 9.99. The van der Waals surface area contributed by atoms with E-state index in [-0.39, 0.29) is 0 Å². The highest BCUT2D eigenvalue weighted by Gasteiger charge is 2.30. The molecular formula is C18H25N5. The van der Waals surface area contributed by atoms with Gasteiger partial charge in [0.2, 0.25) is 0 Å². The fraction of sp³-hybridized carbons (Fsp3) is 0.556. The first-order valence-electron chi connectivity index (χ1n) is 8.82. The topological polar surface area (TPSA) is 60.0 Å². The average Bonchev–Trinajstić information content (AvgIpc) is 2.99. The molecule has 0 bridgehead atoms. The Morgan fingerprint density at radius 1 is 1.09 bits per heavy atom. The zero-order valence-corrected chi connectivity index (χ0v) is 13.6. The second-order valence-corrected chi connectivity index (χ2v) is 6.81. The number of rotatable bonds is 3. The van der Waals surface area contributed by atoms with Crippen LogP contribution in [-0.2, 0) is 19.5 Å². The van der Waals surface area contributed by atoms with E-state index in [1.54, 1.807) is 0 Å². The lowest BCUT2D eigenvalue weighted by molar-refractivity contribution is 0.129. The van der Waals surface area contributed by atoms with Gasteiger partial charge in [0.25, 0.3) is 0 Å². The number of benzene rings is 1. The van der Waals surface area contributed by atoms with Crippen molar-refractivity contribution in [3.05, 3.63) is 41.5 Å². The third-order valence-corrected chi connectivity index (χ3v) is 5.14. The first kappa shape index (κ1) is 14.7. The molecule has 122 valence electrons. The van der Waals surface area contributed by atoms with Crippen LogP contribution in [0.1, 0.15) is 55.4 Å². The molecule has 1 fully saturated rings. The number of aromatic nitrogens is 3. The Labute approximate surface area is 137 Å². The molecule has 0 radical (unpaired) electrons. The molecule has 1 aromatic carbocycles. The largest absolute Gasteiger partial charge is 0.399 e. The van der Waals surface area contributed by atoms with E-state index in [0.29, 0.717) is 6.04 Å². The van der Waals surface area contributed by atoms with Crippen LogP contribution in [0, 0.1) is 0 Å². The molecule has 2 N–H and O–H groups in total.